The van der Waals surface area contributed by atoms with E-state index < -0.39 is 107 Å². The lowest BCUT2D eigenvalue weighted by molar-refractivity contribution is -0.279. The van der Waals surface area contributed by atoms with E-state index in [2.05, 4.69) is 0 Å². The van der Waals surface area contributed by atoms with Crippen molar-refractivity contribution in [2.24, 2.45) is 23.2 Å². The standard InChI is InChI=1S/C33H43ClO15/c1-15(2)10-23(39)49-25-27(44-17(4)36)31(7)21(47-24(40)13-35)9-8-20(12-34)11-22-33(42,16(3)30(41)48-22)29(46-19(6)38)26(31)32(14-43-32)28(25)45-18(5)37/h8-9,11,15-16,21-22,25-29,35,42H,10,12-14H2,1-7H3. The number of epoxide rings is 1. The first-order valence-electron chi connectivity index (χ1n) is 15.9. The Morgan fingerprint density at radius 2 is 1.53 bits per heavy atom. The first kappa shape index (κ1) is 38.3. The number of fused-ring (bicyclic) bond motifs is 3. The summed E-state index contributed by atoms with van der Waals surface area (Å²) in [7, 11) is 0. The second-order valence-corrected chi connectivity index (χ2v) is 13.8. The molecular formula is C33H43ClO15. The smallest absolute Gasteiger partial charge is 0.332 e. The largest absolute Gasteiger partial charge is 0.459 e. The minimum Gasteiger partial charge on any atom is -0.459 e. The van der Waals surface area contributed by atoms with Crippen LogP contribution in [0.1, 0.15) is 54.9 Å². The van der Waals surface area contributed by atoms with Gasteiger partial charge in [0.05, 0.1) is 17.9 Å². The maximum atomic E-state index is 13.3. The number of allylic oxidation sites excluding steroid dienone is 2. The predicted molar refractivity (Wildman–Crippen MR) is 165 cm³/mol. The molecule has 2 saturated heterocycles. The third kappa shape index (κ3) is 7.08. The number of carbonyl (C=O) groups excluding carboxylic acids is 6. The van der Waals surface area contributed by atoms with Gasteiger partial charge in [-0.2, -0.15) is 0 Å². The van der Waals surface area contributed by atoms with Crippen molar-refractivity contribution in [2.45, 2.75) is 103 Å². The number of aliphatic hydroxyl groups is 2. The molecule has 11 unspecified atom stereocenters. The molecule has 4 rings (SSSR count). The van der Waals surface area contributed by atoms with Crippen LogP contribution in [0.4, 0.5) is 0 Å². The number of aliphatic hydroxyl groups excluding tert-OH is 1. The monoisotopic (exact) mass is 714 g/mol. The Bertz CT molecular complexity index is 1420. The molecule has 4 aliphatic rings. The molecule has 3 fully saturated rings. The van der Waals surface area contributed by atoms with Crippen molar-refractivity contribution < 1.29 is 72.1 Å². The summed E-state index contributed by atoms with van der Waals surface area (Å²) < 4.78 is 41.1. The second-order valence-electron chi connectivity index (χ2n) is 13.5. The van der Waals surface area contributed by atoms with Gasteiger partial charge in [-0.1, -0.05) is 26.8 Å². The van der Waals surface area contributed by atoms with Gasteiger partial charge in [-0.15, -0.1) is 11.6 Å². The number of carbonyl (C=O) groups is 6. The van der Waals surface area contributed by atoms with E-state index in [9.17, 15) is 39.0 Å². The van der Waals surface area contributed by atoms with Crippen molar-refractivity contribution in [3.63, 3.8) is 0 Å². The fraction of sp³-hybridized carbons (Fsp3) is 0.697. The maximum absolute atomic E-state index is 13.3. The molecule has 16 heteroatoms. The molecule has 2 heterocycles. The molecule has 15 nitrogen and oxygen atoms in total. The highest BCUT2D eigenvalue weighted by Gasteiger charge is 2.81. The summed E-state index contributed by atoms with van der Waals surface area (Å²) in [5, 5.41) is 22.5. The van der Waals surface area contributed by atoms with Crippen LogP contribution >= 0.6 is 11.6 Å². The van der Waals surface area contributed by atoms with Crippen molar-refractivity contribution in [3.05, 3.63) is 23.8 Å². The first-order chi connectivity index (χ1) is 22.9. The molecule has 11 atom stereocenters. The van der Waals surface area contributed by atoms with E-state index in [1.807, 2.05) is 0 Å². The van der Waals surface area contributed by atoms with Crippen molar-refractivity contribution >= 4 is 47.4 Å². The molecule has 1 saturated carbocycles. The molecule has 0 bridgehead atoms. The van der Waals surface area contributed by atoms with E-state index in [1.54, 1.807) is 13.8 Å². The van der Waals surface area contributed by atoms with Gasteiger partial charge in [-0.25, -0.2) is 4.79 Å². The number of hydrogen-bond acceptors (Lipinski definition) is 15. The number of halogens is 1. The molecule has 272 valence electrons. The van der Waals surface area contributed by atoms with Crippen molar-refractivity contribution in [2.75, 3.05) is 19.1 Å². The maximum Gasteiger partial charge on any atom is 0.332 e. The molecule has 1 spiro atoms. The minimum atomic E-state index is -2.38. The van der Waals surface area contributed by atoms with Gasteiger partial charge in [0, 0.05) is 39.0 Å². The molecule has 0 aromatic heterocycles. The molecule has 0 radical (unpaired) electrons. The summed E-state index contributed by atoms with van der Waals surface area (Å²) in [5.41, 5.74) is -5.81. The lowest BCUT2D eigenvalue weighted by Crippen LogP contribution is -2.76. The van der Waals surface area contributed by atoms with Gasteiger partial charge in [0.1, 0.15) is 24.4 Å². The molecular weight excluding hydrogens is 672 g/mol. The van der Waals surface area contributed by atoms with Crippen molar-refractivity contribution in [1.82, 2.24) is 0 Å². The summed E-state index contributed by atoms with van der Waals surface area (Å²) in [6.45, 7) is 8.26. The van der Waals surface area contributed by atoms with Crippen LogP contribution in [0.3, 0.4) is 0 Å². The zero-order chi connectivity index (χ0) is 36.6. The number of esters is 6. The number of rotatable bonds is 9. The van der Waals surface area contributed by atoms with Gasteiger partial charge in [0.15, 0.2) is 30.0 Å². The predicted octanol–water partition coefficient (Wildman–Crippen LogP) is 1.08. The lowest BCUT2D eigenvalue weighted by atomic mass is 9.51. The minimum absolute atomic E-state index is 0.0920. The Morgan fingerprint density at radius 1 is 0.959 bits per heavy atom. The van der Waals surface area contributed by atoms with E-state index >= 15 is 0 Å². The molecule has 49 heavy (non-hydrogen) atoms. The summed E-state index contributed by atoms with van der Waals surface area (Å²) in [6, 6.07) is 0. The highest BCUT2D eigenvalue weighted by atomic mass is 35.5. The van der Waals surface area contributed by atoms with Crippen LogP contribution in [0.15, 0.2) is 23.8 Å². The lowest BCUT2D eigenvalue weighted by Gasteiger charge is -2.59. The highest BCUT2D eigenvalue weighted by Crippen LogP contribution is 2.63. The normalized spacial score (nSPS) is 37.9. The van der Waals surface area contributed by atoms with Crippen LogP contribution in [-0.4, -0.2) is 113 Å². The van der Waals surface area contributed by atoms with E-state index in [0.717, 1.165) is 20.8 Å². The van der Waals surface area contributed by atoms with Gasteiger partial charge >= 0.3 is 35.8 Å². The van der Waals surface area contributed by atoms with Gasteiger partial charge in [0.2, 0.25) is 0 Å². The fourth-order valence-electron chi connectivity index (χ4n) is 7.44. The quantitative estimate of drug-likeness (QED) is 0.148. The molecule has 2 aliphatic carbocycles. The number of ether oxygens (including phenoxy) is 7. The summed E-state index contributed by atoms with van der Waals surface area (Å²) in [4.78, 5) is 77.9. The summed E-state index contributed by atoms with van der Waals surface area (Å²) in [5.74, 6) is -8.60. The van der Waals surface area contributed by atoms with Gasteiger partial charge in [-0.3, -0.25) is 24.0 Å². The van der Waals surface area contributed by atoms with Crippen LogP contribution < -0.4 is 0 Å². The molecule has 2 N–H and O–H groups in total. The molecule has 2 aliphatic heterocycles. The second kappa shape index (κ2) is 14.4. The topological polar surface area (TPSA) is 211 Å². The first-order valence-corrected chi connectivity index (χ1v) is 16.4. The Morgan fingerprint density at radius 3 is 2.04 bits per heavy atom. The summed E-state index contributed by atoms with van der Waals surface area (Å²) in [6.07, 6.45) is -5.57. The molecule has 0 aromatic carbocycles. The Kier molecular flexibility index (Phi) is 11.2. The van der Waals surface area contributed by atoms with Crippen LogP contribution in [0, 0.1) is 23.2 Å². The average Bonchev–Trinajstić information content (AvgIpc) is 3.75. The van der Waals surface area contributed by atoms with Crippen molar-refractivity contribution in [3.8, 4) is 0 Å². The van der Waals surface area contributed by atoms with Gasteiger partial charge in [0.25, 0.3) is 0 Å². The highest BCUT2D eigenvalue weighted by molar-refractivity contribution is 6.19. The van der Waals surface area contributed by atoms with Crippen LogP contribution in [0.25, 0.3) is 0 Å². The van der Waals surface area contributed by atoms with Crippen molar-refractivity contribution in [1.29, 1.82) is 0 Å². The van der Waals surface area contributed by atoms with Crippen LogP contribution in [0.2, 0.25) is 0 Å². The SMILES string of the molecule is CC(=O)OC1C(OC(=O)CC(C)C)C(OC(C)=O)C2(C)C(OC(=O)CO)C=CC(CCl)=CC3OC(=O)C(C)C3(O)C(OC(C)=O)C2C12CO2. The average molecular weight is 715 g/mol. The van der Waals surface area contributed by atoms with E-state index in [1.165, 1.54) is 32.1 Å². The van der Waals surface area contributed by atoms with Gasteiger partial charge < -0.3 is 43.4 Å². The zero-order valence-corrected chi connectivity index (χ0v) is 29.1. The van der Waals surface area contributed by atoms with Crippen LogP contribution in [0.5, 0.6) is 0 Å². The molecule has 0 amide bonds. The number of hydrogen-bond donors (Lipinski definition) is 2. The van der Waals surface area contributed by atoms with E-state index in [0.29, 0.717) is 0 Å². The van der Waals surface area contributed by atoms with E-state index in [4.69, 9.17) is 44.8 Å². The third-order valence-electron chi connectivity index (χ3n) is 9.60. The third-order valence-corrected chi connectivity index (χ3v) is 9.91. The Hall–Kier alpha value is -3.53. The summed E-state index contributed by atoms with van der Waals surface area (Å²) >= 11 is 6.25. The Labute approximate surface area is 288 Å². The fourth-order valence-corrected chi connectivity index (χ4v) is 7.62. The number of alkyl halides is 1. The van der Waals surface area contributed by atoms with Gasteiger partial charge in [-0.05, 0) is 30.6 Å². The Balaban J connectivity index is 2.15. The van der Waals surface area contributed by atoms with Crippen LogP contribution in [-0.2, 0) is 61.9 Å². The molecule has 0 aromatic rings. The van der Waals surface area contributed by atoms with E-state index in [-0.39, 0.29) is 30.4 Å². The zero-order valence-electron chi connectivity index (χ0n) is 28.3.